The zero-order chi connectivity index (χ0) is 63.2. The molecule has 0 amide bonds. The molecule has 0 fully saturated rings. The molecule has 0 aliphatic heterocycles. The second kappa shape index (κ2) is 60.6. The van der Waals surface area contributed by atoms with E-state index < -0.39 is 43.6 Å². The van der Waals surface area contributed by atoms with Crippen molar-refractivity contribution >= 4 is 43.6 Å². The second-order valence-corrected chi connectivity index (χ2v) is 23.8. The molecule has 17 heteroatoms. The van der Waals surface area contributed by atoms with E-state index in [1.165, 1.54) is 36.5 Å². The summed E-state index contributed by atoms with van der Waals surface area (Å²) in [5, 5.41) is 0. The first-order chi connectivity index (χ1) is 41.8. The molecule has 494 valence electrons. The molecule has 0 heterocycles. The van der Waals surface area contributed by atoms with E-state index in [0.29, 0.717) is 78.2 Å². The zero-order valence-electron chi connectivity index (χ0n) is 53.4. The number of rotatable bonds is 66. The molecule has 0 aromatic rings. The van der Waals surface area contributed by atoms with Gasteiger partial charge >= 0.3 is 43.6 Å². The Bertz CT molecular complexity index is 1530. The maximum atomic E-state index is 16.0. The van der Waals surface area contributed by atoms with Crippen LogP contribution in [0.15, 0.2) is 75.9 Å². The molecular weight excluding hydrogens is 1120 g/mol. The SMILES string of the molecule is C=CC(=O)OCCCCCCCCC(CCCCCCCCOC(=O)C=C)OP(=O)(OC(CCCCCCCCOC(=O)C=C)CCCCCCCCOC(=O)C=C)OC(CCCCCCCCOC(=O)C=C)CCCCCCCCOC(=O)C=C. The highest BCUT2D eigenvalue weighted by molar-refractivity contribution is 7.48. The molecule has 0 atom stereocenters. The lowest BCUT2D eigenvalue weighted by Crippen LogP contribution is -2.22. The number of unbranched alkanes of at least 4 members (excludes halogenated alkanes) is 30. The number of hydrogen-bond donors (Lipinski definition) is 0. The fraction of sp³-hybridized carbons (Fsp3) is 0.739. The Morgan fingerprint density at radius 3 is 0.500 bits per heavy atom. The van der Waals surface area contributed by atoms with Crippen LogP contribution in [-0.4, -0.2) is 93.8 Å². The standard InChI is InChI=1S/C69H117O16P/c1-7-64(70)77-55-43-31-19-13-25-37-49-61(50-38-26-14-20-32-44-56-78-65(71)8-2)83-86(76,84-62(51-39-27-15-21-33-45-57-79-66(72)9-3)52-40-28-16-22-34-46-58-80-67(73)10-4)85-63(53-41-29-17-23-35-47-59-81-68(74)11-5)54-42-30-18-24-36-48-60-82-69(75)12-6/h7-12,61-63H,1-6,13-60H2. The van der Waals surface area contributed by atoms with E-state index in [0.717, 1.165) is 231 Å². The molecule has 16 nitrogen and oxygen atoms in total. The molecule has 0 saturated carbocycles. The largest absolute Gasteiger partial charge is 0.475 e. The quantitative estimate of drug-likeness (QED) is 0.0183. The van der Waals surface area contributed by atoms with Gasteiger partial charge in [-0.15, -0.1) is 0 Å². The predicted molar refractivity (Wildman–Crippen MR) is 343 cm³/mol. The van der Waals surface area contributed by atoms with Crippen molar-refractivity contribution in [1.82, 2.24) is 0 Å². The van der Waals surface area contributed by atoms with E-state index in [4.69, 9.17) is 42.0 Å². The lowest BCUT2D eigenvalue weighted by Gasteiger charge is -2.31. The van der Waals surface area contributed by atoms with E-state index in [1.54, 1.807) is 0 Å². The summed E-state index contributed by atoms with van der Waals surface area (Å²) in [5.74, 6) is -2.44. The van der Waals surface area contributed by atoms with Gasteiger partial charge < -0.3 is 28.4 Å². The average molecular weight is 1230 g/mol. The van der Waals surface area contributed by atoms with Crippen LogP contribution in [0.2, 0.25) is 0 Å². The fourth-order valence-corrected chi connectivity index (χ4v) is 11.7. The molecule has 0 rings (SSSR count). The predicted octanol–water partition coefficient (Wildman–Crippen LogP) is 18.0. The molecule has 0 aromatic heterocycles. The highest BCUT2D eigenvalue weighted by Gasteiger charge is 2.36. The number of esters is 6. The second-order valence-electron chi connectivity index (χ2n) is 22.3. The third-order valence-electron chi connectivity index (χ3n) is 14.8. The summed E-state index contributed by atoms with van der Waals surface area (Å²) in [6, 6.07) is 0. The molecule has 0 aliphatic rings. The average Bonchev–Trinajstić information content (AvgIpc) is 2.99. The smallest absolute Gasteiger partial charge is 0.463 e. The Kier molecular flexibility index (Phi) is 57.4. The Morgan fingerprint density at radius 2 is 0.360 bits per heavy atom. The number of phosphoric ester groups is 1. The Balaban J connectivity index is 6.72. The molecular formula is C69H117O16P. The minimum atomic E-state index is -4.19. The maximum absolute atomic E-state index is 16.0. The van der Waals surface area contributed by atoms with E-state index in [1.807, 2.05) is 0 Å². The Labute approximate surface area is 520 Å². The first-order valence-electron chi connectivity index (χ1n) is 33.2. The third kappa shape index (κ3) is 54.7. The van der Waals surface area contributed by atoms with Crippen molar-refractivity contribution < 1.29 is 75.3 Å². The Morgan fingerprint density at radius 1 is 0.233 bits per heavy atom. The first-order valence-corrected chi connectivity index (χ1v) is 34.7. The highest BCUT2D eigenvalue weighted by atomic mass is 31.2. The molecule has 86 heavy (non-hydrogen) atoms. The van der Waals surface area contributed by atoms with Gasteiger partial charge in [0.05, 0.1) is 58.0 Å². The molecule has 0 N–H and O–H groups in total. The topological polar surface area (TPSA) is 203 Å². The summed E-state index contributed by atoms with van der Waals surface area (Å²) in [6.07, 6.45) is 43.9. The molecule has 0 spiro atoms. The van der Waals surface area contributed by atoms with Gasteiger partial charge in [-0.2, -0.15) is 0 Å². The van der Waals surface area contributed by atoms with E-state index in [-0.39, 0.29) is 18.3 Å². The van der Waals surface area contributed by atoms with Gasteiger partial charge in [0.2, 0.25) is 0 Å². The zero-order valence-corrected chi connectivity index (χ0v) is 54.3. The number of hydrogen-bond acceptors (Lipinski definition) is 16. The van der Waals surface area contributed by atoms with Gasteiger partial charge in [-0.1, -0.05) is 232 Å². The van der Waals surface area contributed by atoms with Crippen molar-refractivity contribution in [1.29, 1.82) is 0 Å². The van der Waals surface area contributed by atoms with Gasteiger partial charge in [-0.05, 0) is 77.0 Å². The molecule has 0 radical (unpaired) electrons. The third-order valence-corrected chi connectivity index (χ3v) is 16.5. The van der Waals surface area contributed by atoms with Crippen molar-refractivity contribution in [3.63, 3.8) is 0 Å². The fourth-order valence-electron chi connectivity index (χ4n) is 9.85. The summed E-state index contributed by atoms with van der Waals surface area (Å²) >= 11 is 0. The number of carbonyl (C=O) groups excluding carboxylic acids is 6. The first kappa shape index (κ1) is 81.4. The van der Waals surface area contributed by atoms with E-state index in [2.05, 4.69) is 39.5 Å². The van der Waals surface area contributed by atoms with Crippen LogP contribution in [0.25, 0.3) is 0 Å². The van der Waals surface area contributed by atoms with Crippen LogP contribution in [0.1, 0.15) is 270 Å². The van der Waals surface area contributed by atoms with Gasteiger partial charge in [-0.25, -0.2) is 33.3 Å². The molecule has 0 aromatic carbocycles. The summed E-state index contributed by atoms with van der Waals surface area (Å²) in [7, 11) is -4.19. The van der Waals surface area contributed by atoms with Gasteiger partial charge in [0.1, 0.15) is 0 Å². The van der Waals surface area contributed by atoms with E-state index >= 15 is 4.57 Å². The van der Waals surface area contributed by atoms with Gasteiger partial charge in [0, 0.05) is 36.5 Å². The molecule has 0 aliphatic carbocycles. The van der Waals surface area contributed by atoms with Crippen LogP contribution in [0.4, 0.5) is 0 Å². The molecule has 0 saturated heterocycles. The van der Waals surface area contributed by atoms with Crippen LogP contribution in [0, 0.1) is 0 Å². The van der Waals surface area contributed by atoms with Crippen molar-refractivity contribution in [3.8, 4) is 0 Å². The van der Waals surface area contributed by atoms with Crippen molar-refractivity contribution in [2.24, 2.45) is 0 Å². The summed E-state index contributed by atoms with van der Waals surface area (Å²) in [4.78, 5) is 69.1. The summed E-state index contributed by atoms with van der Waals surface area (Å²) < 4.78 is 67.8. The molecule has 0 bridgehead atoms. The number of phosphoric acid groups is 1. The Hall–Kier alpha value is -4.63. The lowest BCUT2D eigenvalue weighted by molar-refractivity contribution is -0.138. The van der Waals surface area contributed by atoms with E-state index in [9.17, 15) is 28.8 Å². The minimum absolute atomic E-state index is 0.355. The monoisotopic (exact) mass is 1230 g/mol. The van der Waals surface area contributed by atoms with Crippen LogP contribution < -0.4 is 0 Å². The van der Waals surface area contributed by atoms with Crippen LogP contribution in [0.3, 0.4) is 0 Å². The maximum Gasteiger partial charge on any atom is 0.475 e. The summed E-state index contributed by atoms with van der Waals surface area (Å²) in [5.41, 5.74) is 0. The van der Waals surface area contributed by atoms with Crippen LogP contribution in [-0.2, 0) is 75.3 Å². The minimum Gasteiger partial charge on any atom is -0.463 e. The lowest BCUT2D eigenvalue weighted by atomic mass is 10.0. The number of ether oxygens (including phenoxy) is 6. The summed E-state index contributed by atoms with van der Waals surface area (Å²) in [6.45, 7) is 23.1. The highest BCUT2D eigenvalue weighted by Crippen LogP contribution is 2.55. The van der Waals surface area contributed by atoms with Crippen LogP contribution >= 0.6 is 7.82 Å². The van der Waals surface area contributed by atoms with Crippen molar-refractivity contribution in [2.45, 2.75) is 288 Å². The van der Waals surface area contributed by atoms with Gasteiger partial charge in [0.15, 0.2) is 0 Å². The van der Waals surface area contributed by atoms with Crippen molar-refractivity contribution in [2.75, 3.05) is 39.6 Å². The molecule has 0 unspecified atom stereocenters. The van der Waals surface area contributed by atoms with Gasteiger partial charge in [0.25, 0.3) is 0 Å². The van der Waals surface area contributed by atoms with Gasteiger partial charge in [-0.3, -0.25) is 13.6 Å². The van der Waals surface area contributed by atoms with Crippen molar-refractivity contribution in [3.05, 3.63) is 75.9 Å². The number of carbonyl (C=O) groups is 6. The normalized spacial score (nSPS) is 11.3. The van der Waals surface area contributed by atoms with Crippen LogP contribution in [0.5, 0.6) is 0 Å².